The van der Waals surface area contributed by atoms with Crippen molar-refractivity contribution in [2.45, 2.75) is 32.2 Å². The highest BCUT2D eigenvalue weighted by Crippen LogP contribution is 2.32. The zero-order valence-corrected chi connectivity index (χ0v) is 11.9. The number of hydrogen-bond donors (Lipinski definition) is 2. The number of hydrogen-bond acceptors (Lipinski definition) is 3. The Morgan fingerprint density at radius 3 is 2.48 bits per heavy atom. The molecule has 0 spiro atoms. The highest BCUT2D eigenvalue weighted by atomic mass is 16.4. The first-order valence-corrected chi connectivity index (χ1v) is 7.06. The van der Waals surface area contributed by atoms with E-state index in [2.05, 4.69) is 5.32 Å². The van der Waals surface area contributed by atoms with Crippen LogP contribution in [0.25, 0.3) is 0 Å². The maximum atomic E-state index is 12.2. The molecule has 1 aromatic carbocycles. The largest absolute Gasteiger partial charge is 0.481 e. The number of benzene rings is 1. The molecule has 1 aliphatic rings. The molecule has 1 aliphatic carbocycles. The third kappa shape index (κ3) is 3.40. The van der Waals surface area contributed by atoms with Gasteiger partial charge in [-0.2, -0.15) is 5.26 Å². The minimum absolute atomic E-state index is 0.197. The second kappa shape index (κ2) is 6.40. The summed E-state index contributed by atoms with van der Waals surface area (Å²) in [5.74, 6) is -2.10. The molecule has 1 fully saturated rings. The van der Waals surface area contributed by atoms with Crippen molar-refractivity contribution >= 4 is 11.9 Å². The Bertz CT molecular complexity index is 574. The molecule has 0 bridgehead atoms. The molecule has 0 saturated heterocycles. The van der Waals surface area contributed by atoms with Gasteiger partial charge in [-0.05, 0) is 37.5 Å². The van der Waals surface area contributed by atoms with Crippen LogP contribution in [-0.4, -0.2) is 17.0 Å². The smallest absolute Gasteiger partial charge is 0.307 e. The van der Waals surface area contributed by atoms with Crippen LogP contribution in [0.15, 0.2) is 24.3 Å². The summed E-state index contributed by atoms with van der Waals surface area (Å²) >= 11 is 0. The fraction of sp³-hybridized carbons (Fsp3) is 0.438. The van der Waals surface area contributed by atoms with E-state index < -0.39 is 17.8 Å². The van der Waals surface area contributed by atoms with E-state index in [0.717, 1.165) is 12.0 Å². The number of carbonyl (C=O) groups excluding carboxylic acids is 1. The molecule has 1 saturated carbocycles. The van der Waals surface area contributed by atoms with Gasteiger partial charge in [0.25, 0.3) is 0 Å². The molecule has 0 aromatic heterocycles. The monoisotopic (exact) mass is 286 g/mol. The van der Waals surface area contributed by atoms with Crippen LogP contribution in [0.5, 0.6) is 0 Å². The lowest BCUT2D eigenvalue weighted by Gasteiger charge is -2.20. The standard InChI is InChI=1S/C16H18N2O3/c1-10(12-7-5-11(9-17)6-8-12)18-15(19)13-3-2-4-14(13)16(20)21/h5-8,10,13-14H,2-4H2,1H3,(H,18,19)(H,20,21). The van der Waals surface area contributed by atoms with Crippen LogP contribution in [0.1, 0.15) is 43.4 Å². The fourth-order valence-electron chi connectivity index (χ4n) is 2.82. The number of carboxylic acids is 1. The van der Waals surface area contributed by atoms with Gasteiger partial charge in [0.1, 0.15) is 0 Å². The zero-order chi connectivity index (χ0) is 15.4. The van der Waals surface area contributed by atoms with Crippen molar-refractivity contribution in [3.8, 4) is 6.07 Å². The quantitative estimate of drug-likeness (QED) is 0.888. The van der Waals surface area contributed by atoms with E-state index in [9.17, 15) is 9.59 Å². The van der Waals surface area contributed by atoms with Crippen molar-refractivity contribution in [3.63, 3.8) is 0 Å². The zero-order valence-electron chi connectivity index (χ0n) is 11.9. The van der Waals surface area contributed by atoms with Crippen LogP contribution in [0.2, 0.25) is 0 Å². The molecule has 5 nitrogen and oxygen atoms in total. The molecule has 3 atom stereocenters. The molecule has 2 rings (SSSR count). The van der Waals surface area contributed by atoms with E-state index in [1.165, 1.54) is 0 Å². The lowest BCUT2D eigenvalue weighted by Crippen LogP contribution is -2.36. The molecular formula is C16H18N2O3. The van der Waals surface area contributed by atoms with Crippen LogP contribution < -0.4 is 5.32 Å². The second-order valence-electron chi connectivity index (χ2n) is 5.45. The van der Waals surface area contributed by atoms with E-state index in [1.807, 2.05) is 13.0 Å². The van der Waals surface area contributed by atoms with Gasteiger partial charge in [-0.15, -0.1) is 0 Å². The maximum Gasteiger partial charge on any atom is 0.307 e. The highest BCUT2D eigenvalue weighted by Gasteiger charge is 2.38. The van der Waals surface area contributed by atoms with Gasteiger partial charge < -0.3 is 10.4 Å². The van der Waals surface area contributed by atoms with Crippen molar-refractivity contribution in [1.29, 1.82) is 5.26 Å². The molecule has 0 aliphatic heterocycles. The summed E-state index contributed by atoms with van der Waals surface area (Å²) in [4.78, 5) is 23.4. The molecular weight excluding hydrogens is 268 g/mol. The average molecular weight is 286 g/mol. The first kappa shape index (κ1) is 15.0. The number of nitrogens with zero attached hydrogens (tertiary/aromatic N) is 1. The van der Waals surface area contributed by atoms with Crippen molar-refractivity contribution < 1.29 is 14.7 Å². The number of aliphatic carboxylic acids is 1. The molecule has 2 N–H and O–H groups in total. The van der Waals surface area contributed by atoms with Crippen LogP contribution >= 0.6 is 0 Å². The summed E-state index contributed by atoms with van der Waals surface area (Å²) < 4.78 is 0. The second-order valence-corrected chi connectivity index (χ2v) is 5.45. The third-order valence-electron chi connectivity index (χ3n) is 4.07. The summed E-state index contributed by atoms with van der Waals surface area (Å²) in [5.41, 5.74) is 1.46. The Labute approximate surface area is 123 Å². The summed E-state index contributed by atoms with van der Waals surface area (Å²) in [7, 11) is 0. The van der Waals surface area contributed by atoms with Crippen LogP contribution in [-0.2, 0) is 9.59 Å². The molecule has 1 amide bonds. The van der Waals surface area contributed by atoms with Gasteiger partial charge in [0.2, 0.25) is 5.91 Å². The van der Waals surface area contributed by atoms with Crippen molar-refractivity contribution in [2.75, 3.05) is 0 Å². The van der Waals surface area contributed by atoms with Gasteiger partial charge in [0.05, 0.1) is 29.5 Å². The maximum absolute atomic E-state index is 12.2. The minimum atomic E-state index is -0.890. The summed E-state index contributed by atoms with van der Waals surface area (Å²) in [6.07, 6.45) is 1.97. The molecule has 1 aromatic rings. The average Bonchev–Trinajstić information content (AvgIpc) is 2.97. The Balaban J connectivity index is 2.01. The Morgan fingerprint density at radius 1 is 1.29 bits per heavy atom. The lowest BCUT2D eigenvalue weighted by molar-refractivity contribution is -0.146. The number of amides is 1. The molecule has 0 radical (unpaired) electrons. The van der Waals surface area contributed by atoms with Crippen molar-refractivity contribution in [1.82, 2.24) is 5.32 Å². The number of rotatable bonds is 4. The van der Waals surface area contributed by atoms with Crippen LogP contribution in [0.4, 0.5) is 0 Å². The van der Waals surface area contributed by atoms with Crippen molar-refractivity contribution in [2.24, 2.45) is 11.8 Å². The van der Waals surface area contributed by atoms with Gasteiger partial charge in [0, 0.05) is 0 Å². The van der Waals surface area contributed by atoms with E-state index >= 15 is 0 Å². The number of carboxylic acid groups (broad SMARTS) is 1. The third-order valence-corrected chi connectivity index (χ3v) is 4.07. The van der Waals surface area contributed by atoms with Gasteiger partial charge >= 0.3 is 5.97 Å². The van der Waals surface area contributed by atoms with Crippen LogP contribution in [0, 0.1) is 23.2 Å². The minimum Gasteiger partial charge on any atom is -0.481 e. The summed E-state index contributed by atoms with van der Waals surface area (Å²) in [6.45, 7) is 1.85. The number of nitrogens with one attached hydrogen (secondary N) is 1. The SMILES string of the molecule is CC(NC(=O)C1CCCC1C(=O)O)c1ccc(C#N)cc1. The molecule has 3 unspecified atom stereocenters. The lowest BCUT2D eigenvalue weighted by atomic mass is 9.94. The first-order chi connectivity index (χ1) is 10.0. The van der Waals surface area contributed by atoms with Gasteiger partial charge in [0.15, 0.2) is 0 Å². The van der Waals surface area contributed by atoms with Gasteiger partial charge in [-0.3, -0.25) is 9.59 Å². The first-order valence-electron chi connectivity index (χ1n) is 7.06. The van der Waals surface area contributed by atoms with Crippen molar-refractivity contribution in [3.05, 3.63) is 35.4 Å². The topological polar surface area (TPSA) is 90.2 Å². The van der Waals surface area contributed by atoms with Gasteiger partial charge in [-0.1, -0.05) is 18.6 Å². The predicted octanol–water partition coefficient (Wildman–Crippen LogP) is 2.24. The molecule has 21 heavy (non-hydrogen) atoms. The Kier molecular flexibility index (Phi) is 4.59. The van der Waals surface area contributed by atoms with E-state index in [0.29, 0.717) is 18.4 Å². The van der Waals surface area contributed by atoms with E-state index in [4.69, 9.17) is 10.4 Å². The Morgan fingerprint density at radius 2 is 1.90 bits per heavy atom. The highest BCUT2D eigenvalue weighted by molar-refractivity contribution is 5.85. The number of carbonyl (C=O) groups is 2. The Hall–Kier alpha value is -2.35. The normalized spacial score (nSPS) is 22.3. The fourth-order valence-corrected chi connectivity index (χ4v) is 2.82. The summed E-state index contributed by atoms with van der Waals surface area (Å²) in [6, 6.07) is 8.84. The molecule has 110 valence electrons. The van der Waals surface area contributed by atoms with Gasteiger partial charge in [-0.25, -0.2) is 0 Å². The van der Waals surface area contributed by atoms with Crippen LogP contribution in [0.3, 0.4) is 0 Å². The summed E-state index contributed by atoms with van der Waals surface area (Å²) in [5, 5.41) is 20.8. The molecule has 0 heterocycles. The number of nitriles is 1. The van der Waals surface area contributed by atoms with E-state index in [-0.39, 0.29) is 11.9 Å². The molecule has 5 heteroatoms. The predicted molar refractivity (Wildman–Crippen MR) is 76.2 cm³/mol. The van der Waals surface area contributed by atoms with E-state index in [1.54, 1.807) is 24.3 Å².